The predicted molar refractivity (Wildman–Crippen MR) is 85.6 cm³/mol. The van der Waals surface area contributed by atoms with Crippen LogP contribution in [-0.2, 0) is 0 Å². The average molecular weight is 373 g/mol. The fraction of sp³-hybridized carbons (Fsp3) is 0.143. The summed E-state index contributed by atoms with van der Waals surface area (Å²) in [6, 6.07) is 4.36. The highest BCUT2D eigenvalue weighted by Gasteiger charge is 2.12. The summed E-state index contributed by atoms with van der Waals surface area (Å²) in [6.07, 6.45) is 1.40. The maximum absolute atomic E-state index is 13.5. The van der Waals surface area contributed by atoms with Crippen molar-refractivity contribution in [3.8, 4) is 0 Å². The largest absolute Gasteiger partial charge is 0.372 e. The Hall–Kier alpha value is -1.66. The van der Waals surface area contributed by atoms with Crippen LogP contribution in [0.2, 0.25) is 5.02 Å². The third-order valence-corrected chi connectivity index (χ3v) is 3.75. The van der Waals surface area contributed by atoms with Gasteiger partial charge in [-0.1, -0.05) is 11.6 Å². The van der Waals surface area contributed by atoms with Crippen LogP contribution < -0.4 is 10.6 Å². The molecule has 0 aliphatic heterocycles. The molecule has 0 spiro atoms. The number of aromatic nitrogens is 1. The second-order valence-electron chi connectivity index (χ2n) is 4.34. The Morgan fingerprint density at radius 2 is 2.10 bits per heavy atom. The monoisotopic (exact) mass is 371 g/mol. The van der Waals surface area contributed by atoms with Crippen molar-refractivity contribution in [1.82, 2.24) is 4.98 Å². The normalized spacial score (nSPS) is 10.3. The minimum absolute atomic E-state index is 0.293. The van der Waals surface area contributed by atoms with Crippen LogP contribution in [0, 0.1) is 12.7 Å². The van der Waals surface area contributed by atoms with Crippen molar-refractivity contribution in [3.63, 3.8) is 0 Å². The number of benzene rings is 1. The van der Waals surface area contributed by atoms with Crippen LogP contribution in [0.5, 0.6) is 0 Å². The molecule has 0 saturated carbocycles. The van der Waals surface area contributed by atoms with Crippen molar-refractivity contribution in [1.29, 1.82) is 0 Å². The molecule has 21 heavy (non-hydrogen) atoms. The van der Waals surface area contributed by atoms with E-state index in [9.17, 15) is 9.18 Å². The standard InChI is InChI=1S/C14H12BrClFN3O/c1-7-3-9(15)11(17)5-12(7)20-14(21)8-4-10(16)13(18-2)19-6-8/h3-6H,1-2H3,(H,18,19)(H,20,21). The molecular weight excluding hydrogens is 361 g/mol. The lowest BCUT2D eigenvalue weighted by molar-refractivity contribution is 0.102. The molecule has 0 fully saturated rings. The van der Waals surface area contributed by atoms with Gasteiger partial charge < -0.3 is 10.6 Å². The lowest BCUT2D eigenvalue weighted by Gasteiger charge is -2.10. The van der Waals surface area contributed by atoms with E-state index >= 15 is 0 Å². The van der Waals surface area contributed by atoms with Gasteiger partial charge in [-0.15, -0.1) is 0 Å². The number of hydrogen-bond acceptors (Lipinski definition) is 3. The van der Waals surface area contributed by atoms with E-state index < -0.39 is 11.7 Å². The van der Waals surface area contributed by atoms with Gasteiger partial charge in [0.1, 0.15) is 11.6 Å². The van der Waals surface area contributed by atoms with Crippen molar-refractivity contribution in [2.24, 2.45) is 0 Å². The van der Waals surface area contributed by atoms with Crippen molar-refractivity contribution in [3.05, 3.63) is 50.8 Å². The number of rotatable bonds is 3. The Morgan fingerprint density at radius 3 is 2.71 bits per heavy atom. The molecule has 0 saturated heterocycles. The average Bonchev–Trinajstić information content (AvgIpc) is 2.44. The Labute approximate surface area is 134 Å². The molecule has 4 nitrogen and oxygen atoms in total. The minimum Gasteiger partial charge on any atom is -0.372 e. The molecule has 2 rings (SSSR count). The number of amides is 1. The summed E-state index contributed by atoms with van der Waals surface area (Å²) >= 11 is 9.08. The number of nitrogens with one attached hydrogen (secondary N) is 2. The maximum Gasteiger partial charge on any atom is 0.257 e. The van der Waals surface area contributed by atoms with Gasteiger partial charge in [0.05, 0.1) is 15.1 Å². The number of carbonyl (C=O) groups is 1. The lowest BCUT2D eigenvalue weighted by Crippen LogP contribution is -2.13. The van der Waals surface area contributed by atoms with Gasteiger partial charge in [-0.25, -0.2) is 9.37 Å². The zero-order valence-electron chi connectivity index (χ0n) is 11.3. The van der Waals surface area contributed by atoms with Crippen LogP contribution >= 0.6 is 27.5 Å². The predicted octanol–water partition coefficient (Wildman–Crippen LogP) is 4.24. The van der Waals surface area contributed by atoms with E-state index in [2.05, 4.69) is 31.5 Å². The van der Waals surface area contributed by atoms with Crippen molar-refractivity contribution < 1.29 is 9.18 Å². The third kappa shape index (κ3) is 3.51. The lowest BCUT2D eigenvalue weighted by atomic mass is 10.2. The second kappa shape index (κ2) is 6.41. The molecule has 2 aromatic rings. The third-order valence-electron chi connectivity index (χ3n) is 2.86. The Bertz CT molecular complexity index is 709. The molecule has 1 aromatic heterocycles. The number of pyridine rings is 1. The van der Waals surface area contributed by atoms with E-state index in [0.29, 0.717) is 26.6 Å². The first kappa shape index (κ1) is 15.7. The summed E-state index contributed by atoms with van der Waals surface area (Å²) < 4.78 is 13.9. The molecule has 1 heterocycles. The van der Waals surface area contributed by atoms with Gasteiger partial charge in [0.15, 0.2) is 0 Å². The van der Waals surface area contributed by atoms with E-state index in [-0.39, 0.29) is 0 Å². The second-order valence-corrected chi connectivity index (χ2v) is 5.60. The fourth-order valence-corrected chi connectivity index (χ4v) is 2.44. The summed E-state index contributed by atoms with van der Waals surface area (Å²) in [5.74, 6) is -0.367. The molecule has 0 aliphatic rings. The van der Waals surface area contributed by atoms with Gasteiger partial charge in [-0.3, -0.25) is 4.79 Å². The molecule has 2 N–H and O–H groups in total. The van der Waals surface area contributed by atoms with Crippen LogP contribution in [0.4, 0.5) is 15.9 Å². The Morgan fingerprint density at radius 1 is 1.38 bits per heavy atom. The van der Waals surface area contributed by atoms with Crippen molar-refractivity contribution >= 4 is 44.9 Å². The summed E-state index contributed by atoms with van der Waals surface area (Å²) in [7, 11) is 1.68. The molecular formula is C14H12BrClFN3O. The van der Waals surface area contributed by atoms with Gasteiger partial charge in [0.2, 0.25) is 0 Å². The molecule has 0 bridgehead atoms. The Balaban J connectivity index is 2.26. The topological polar surface area (TPSA) is 54.0 Å². The van der Waals surface area contributed by atoms with Crippen molar-refractivity contribution in [2.75, 3.05) is 17.7 Å². The first-order valence-corrected chi connectivity index (χ1v) is 7.19. The van der Waals surface area contributed by atoms with Crippen LogP contribution in [-0.4, -0.2) is 17.9 Å². The molecule has 0 aliphatic carbocycles. The highest BCUT2D eigenvalue weighted by atomic mass is 79.9. The summed E-state index contributed by atoms with van der Waals surface area (Å²) in [6.45, 7) is 1.77. The van der Waals surface area contributed by atoms with E-state index in [1.165, 1.54) is 18.3 Å². The quantitative estimate of drug-likeness (QED) is 0.847. The smallest absolute Gasteiger partial charge is 0.257 e. The van der Waals surface area contributed by atoms with Gasteiger partial charge in [-0.05, 0) is 46.6 Å². The van der Waals surface area contributed by atoms with E-state index in [0.717, 1.165) is 5.56 Å². The minimum atomic E-state index is -0.447. The van der Waals surface area contributed by atoms with Crippen LogP contribution in [0.25, 0.3) is 0 Å². The van der Waals surface area contributed by atoms with Gasteiger partial charge in [0, 0.05) is 18.9 Å². The van der Waals surface area contributed by atoms with E-state index in [1.54, 1.807) is 20.0 Å². The van der Waals surface area contributed by atoms with Gasteiger partial charge in [-0.2, -0.15) is 0 Å². The molecule has 7 heteroatoms. The van der Waals surface area contributed by atoms with E-state index in [1.807, 2.05) is 0 Å². The number of aryl methyl sites for hydroxylation is 1. The van der Waals surface area contributed by atoms with Crippen LogP contribution in [0.3, 0.4) is 0 Å². The summed E-state index contributed by atoms with van der Waals surface area (Å²) in [5.41, 5.74) is 1.43. The molecule has 1 amide bonds. The van der Waals surface area contributed by atoms with Crippen LogP contribution in [0.1, 0.15) is 15.9 Å². The number of anilines is 2. The first-order chi connectivity index (χ1) is 9.92. The molecule has 1 aromatic carbocycles. The summed E-state index contributed by atoms with van der Waals surface area (Å²) in [5, 5.41) is 5.78. The zero-order valence-corrected chi connectivity index (χ0v) is 13.6. The zero-order chi connectivity index (χ0) is 15.6. The number of hydrogen-bond donors (Lipinski definition) is 2. The Kier molecular flexibility index (Phi) is 4.80. The van der Waals surface area contributed by atoms with E-state index in [4.69, 9.17) is 11.6 Å². The number of nitrogens with zero attached hydrogens (tertiary/aromatic N) is 1. The fourth-order valence-electron chi connectivity index (χ4n) is 1.72. The summed E-state index contributed by atoms with van der Waals surface area (Å²) in [4.78, 5) is 16.2. The molecule has 0 atom stereocenters. The van der Waals surface area contributed by atoms with Gasteiger partial charge in [0.25, 0.3) is 5.91 Å². The molecule has 110 valence electrons. The number of halogens is 3. The highest BCUT2D eigenvalue weighted by Crippen LogP contribution is 2.25. The SMILES string of the molecule is CNc1ncc(C(=O)Nc2cc(F)c(Br)cc2C)cc1Cl. The van der Waals surface area contributed by atoms with Crippen molar-refractivity contribution in [2.45, 2.75) is 6.92 Å². The number of carbonyl (C=O) groups excluding carboxylic acids is 1. The van der Waals surface area contributed by atoms with Gasteiger partial charge >= 0.3 is 0 Å². The highest BCUT2D eigenvalue weighted by molar-refractivity contribution is 9.10. The maximum atomic E-state index is 13.5. The first-order valence-electron chi connectivity index (χ1n) is 6.02. The molecule has 0 radical (unpaired) electrons. The molecule has 0 unspecified atom stereocenters. The van der Waals surface area contributed by atoms with Crippen LogP contribution in [0.15, 0.2) is 28.9 Å².